The minimum atomic E-state index is -0.450. The third-order valence-electron chi connectivity index (χ3n) is 5.75. The molecule has 0 fully saturated rings. The highest BCUT2D eigenvalue weighted by Crippen LogP contribution is 2.39. The Balaban J connectivity index is 1.84. The second-order valence-corrected chi connectivity index (χ2v) is 7.88. The maximum absolute atomic E-state index is 12.9. The van der Waals surface area contributed by atoms with E-state index in [-0.39, 0.29) is 6.61 Å². The smallest absolute Gasteiger partial charge is 0.420 e. The van der Waals surface area contributed by atoms with Crippen LogP contribution in [0.15, 0.2) is 56.2 Å². The molecule has 33 heavy (non-hydrogen) atoms. The summed E-state index contributed by atoms with van der Waals surface area (Å²) >= 11 is 0. The Morgan fingerprint density at radius 1 is 1.09 bits per heavy atom. The van der Waals surface area contributed by atoms with Crippen molar-refractivity contribution in [2.75, 3.05) is 14.2 Å². The van der Waals surface area contributed by atoms with Gasteiger partial charge in [-0.1, -0.05) is 35.5 Å². The van der Waals surface area contributed by atoms with Gasteiger partial charge in [0.15, 0.2) is 5.58 Å². The molecule has 0 aliphatic rings. The first-order valence-corrected chi connectivity index (χ1v) is 10.5. The predicted molar refractivity (Wildman–Crippen MR) is 124 cm³/mol. The number of ether oxygens (including phenoxy) is 2. The molecule has 0 aliphatic carbocycles. The molecule has 3 heterocycles. The molecule has 8 heteroatoms. The highest BCUT2D eigenvalue weighted by Gasteiger charge is 2.23. The average molecular weight is 445 g/mol. The average Bonchev–Trinajstić information content (AvgIpc) is 3.32. The van der Waals surface area contributed by atoms with Gasteiger partial charge in [0.05, 0.1) is 37.0 Å². The van der Waals surface area contributed by atoms with Gasteiger partial charge in [-0.25, -0.2) is 9.78 Å². The molecule has 2 aromatic carbocycles. The fourth-order valence-corrected chi connectivity index (χ4v) is 4.29. The van der Waals surface area contributed by atoms with E-state index in [4.69, 9.17) is 23.4 Å². The number of hydrogen-bond donors (Lipinski definition) is 0. The summed E-state index contributed by atoms with van der Waals surface area (Å²) in [5.74, 6) is 0.862. The van der Waals surface area contributed by atoms with Crippen molar-refractivity contribution in [2.45, 2.75) is 27.0 Å². The number of rotatable bonds is 6. The van der Waals surface area contributed by atoms with Gasteiger partial charge in [-0.3, -0.25) is 4.57 Å². The molecule has 0 N–H and O–H groups in total. The van der Waals surface area contributed by atoms with Gasteiger partial charge in [0.2, 0.25) is 0 Å². The van der Waals surface area contributed by atoms with Crippen molar-refractivity contribution in [1.82, 2.24) is 14.7 Å². The lowest BCUT2D eigenvalue weighted by atomic mass is 10.00. The van der Waals surface area contributed by atoms with Gasteiger partial charge in [-0.15, -0.1) is 0 Å². The van der Waals surface area contributed by atoms with Gasteiger partial charge in [-0.05, 0) is 31.5 Å². The maximum Gasteiger partial charge on any atom is 0.420 e. The number of oxazole rings is 1. The molecule has 168 valence electrons. The number of pyridine rings is 1. The first-order chi connectivity index (χ1) is 16.0. The van der Waals surface area contributed by atoms with E-state index in [0.29, 0.717) is 40.4 Å². The third-order valence-corrected chi connectivity index (χ3v) is 5.75. The summed E-state index contributed by atoms with van der Waals surface area (Å²) in [7, 11) is 3.19. The minimum Gasteiger partial charge on any atom is -0.496 e. The van der Waals surface area contributed by atoms with E-state index in [9.17, 15) is 4.79 Å². The first kappa shape index (κ1) is 21.0. The Labute approximate surface area is 189 Å². The summed E-state index contributed by atoms with van der Waals surface area (Å²) in [6, 6.07) is 13.6. The third kappa shape index (κ3) is 3.48. The molecule has 0 saturated carbocycles. The fraction of sp³-hybridized carbons (Fsp3) is 0.240. The van der Waals surface area contributed by atoms with Crippen LogP contribution in [0.1, 0.15) is 22.7 Å². The van der Waals surface area contributed by atoms with Gasteiger partial charge in [0, 0.05) is 18.1 Å². The van der Waals surface area contributed by atoms with Crippen molar-refractivity contribution in [3.63, 3.8) is 0 Å². The van der Waals surface area contributed by atoms with Gasteiger partial charge in [0.1, 0.15) is 22.7 Å². The van der Waals surface area contributed by atoms with Crippen LogP contribution in [0.3, 0.4) is 0 Å². The molecule has 3 aromatic heterocycles. The number of benzene rings is 2. The minimum absolute atomic E-state index is 0.206. The molecule has 0 saturated heterocycles. The summed E-state index contributed by atoms with van der Waals surface area (Å²) in [6.07, 6.45) is 0. The number of methoxy groups -OCH3 is 2. The number of aryl methyl sites for hydroxylation is 2. The van der Waals surface area contributed by atoms with Crippen LogP contribution in [0.4, 0.5) is 0 Å². The summed E-state index contributed by atoms with van der Waals surface area (Å²) in [5, 5.41) is 4.83. The van der Waals surface area contributed by atoms with Gasteiger partial charge < -0.3 is 18.4 Å². The Kier molecular flexibility index (Phi) is 5.22. The Morgan fingerprint density at radius 2 is 1.88 bits per heavy atom. The van der Waals surface area contributed by atoms with Crippen LogP contribution in [-0.4, -0.2) is 28.9 Å². The molecule has 0 amide bonds. The lowest BCUT2D eigenvalue weighted by molar-refractivity contribution is 0.182. The van der Waals surface area contributed by atoms with E-state index in [1.54, 1.807) is 18.8 Å². The van der Waals surface area contributed by atoms with Crippen molar-refractivity contribution < 1.29 is 18.4 Å². The van der Waals surface area contributed by atoms with Crippen LogP contribution in [0.25, 0.3) is 33.1 Å². The first-order valence-electron chi connectivity index (χ1n) is 10.5. The van der Waals surface area contributed by atoms with Crippen molar-refractivity contribution in [3.8, 4) is 16.9 Å². The monoisotopic (exact) mass is 445 g/mol. The highest BCUT2D eigenvalue weighted by atomic mass is 16.5. The van der Waals surface area contributed by atoms with E-state index < -0.39 is 5.76 Å². The van der Waals surface area contributed by atoms with Gasteiger partial charge in [0.25, 0.3) is 0 Å². The highest BCUT2D eigenvalue weighted by molar-refractivity contribution is 6.05. The normalized spacial score (nSPS) is 11.5. The Bertz CT molecular complexity index is 1510. The van der Waals surface area contributed by atoms with Crippen molar-refractivity contribution in [2.24, 2.45) is 0 Å². The zero-order valence-electron chi connectivity index (χ0n) is 18.8. The Hall–Kier alpha value is -3.91. The van der Waals surface area contributed by atoms with E-state index in [2.05, 4.69) is 5.16 Å². The molecule has 0 bridgehead atoms. The van der Waals surface area contributed by atoms with Crippen LogP contribution >= 0.6 is 0 Å². The van der Waals surface area contributed by atoms with E-state index in [0.717, 1.165) is 27.8 Å². The molecular formula is C25H23N3O5. The van der Waals surface area contributed by atoms with E-state index >= 15 is 0 Å². The maximum atomic E-state index is 12.9. The molecule has 0 radical (unpaired) electrons. The number of fused-ring (bicyclic) bond motifs is 3. The second-order valence-electron chi connectivity index (χ2n) is 7.88. The van der Waals surface area contributed by atoms with Crippen LogP contribution < -0.4 is 10.5 Å². The molecule has 5 rings (SSSR count). The molecule has 0 aliphatic heterocycles. The standard InChI is InChI=1S/C25H23N3O5/c1-14-22(15(2)33-27-14)18-10-19-17(11-21(18)31-4)23-24(20(26-19)13-30-3)32-25(29)28(23)12-16-8-6-5-7-9-16/h5-11H,12-13H2,1-4H3. The topological polar surface area (TPSA) is 92.5 Å². The number of aromatic nitrogens is 3. The predicted octanol–water partition coefficient (Wildman–Crippen LogP) is 4.62. The fourth-order valence-electron chi connectivity index (χ4n) is 4.29. The molecular weight excluding hydrogens is 422 g/mol. The second kappa shape index (κ2) is 8.22. The SMILES string of the molecule is COCc1nc2cc(-c3c(C)noc3C)c(OC)cc2c2c1oc(=O)n2Cc1ccccc1. The van der Waals surface area contributed by atoms with Crippen LogP contribution in [0.2, 0.25) is 0 Å². The summed E-state index contributed by atoms with van der Waals surface area (Å²) in [5.41, 5.74) is 5.73. The largest absolute Gasteiger partial charge is 0.496 e. The number of nitrogens with zero attached hydrogens (tertiary/aromatic N) is 3. The van der Waals surface area contributed by atoms with E-state index in [1.807, 2.05) is 56.3 Å². The molecule has 0 atom stereocenters. The van der Waals surface area contributed by atoms with Crippen molar-refractivity contribution >= 4 is 22.0 Å². The molecule has 8 nitrogen and oxygen atoms in total. The lowest BCUT2D eigenvalue weighted by Crippen LogP contribution is -2.15. The van der Waals surface area contributed by atoms with E-state index in [1.165, 1.54) is 0 Å². The van der Waals surface area contributed by atoms with Crippen molar-refractivity contribution in [3.05, 3.63) is 75.7 Å². The summed E-state index contributed by atoms with van der Waals surface area (Å²) in [6.45, 7) is 4.32. The summed E-state index contributed by atoms with van der Waals surface area (Å²) in [4.78, 5) is 17.7. The Morgan fingerprint density at radius 3 is 2.55 bits per heavy atom. The van der Waals surface area contributed by atoms with Crippen LogP contribution in [0, 0.1) is 13.8 Å². The lowest BCUT2D eigenvalue weighted by Gasteiger charge is -2.13. The molecule has 0 spiro atoms. The molecule has 5 aromatic rings. The zero-order chi connectivity index (χ0) is 23.1. The molecule has 0 unspecified atom stereocenters. The van der Waals surface area contributed by atoms with Crippen LogP contribution in [-0.2, 0) is 17.9 Å². The number of hydrogen-bond acceptors (Lipinski definition) is 7. The van der Waals surface area contributed by atoms with Crippen LogP contribution in [0.5, 0.6) is 5.75 Å². The van der Waals surface area contributed by atoms with Gasteiger partial charge in [-0.2, -0.15) is 0 Å². The zero-order valence-corrected chi connectivity index (χ0v) is 18.8. The van der Waals surface area contributed by atoms with Gasteiger partial charge >= 0.3 is 5.76 Å². The quantitative estimate of drug-likeness (QED) is 0.377. The summed E-state index contributed by atoms with van der Waals surface area (Å²) < 4.78 is 23.8. The van der Waals surface area contributed by atoms with Crippen molar-refractivity contribution in [1.29, 1.82) is 0 Å².